The van der Waals surface area contributed by atoms with Gasteiger partial charge in [0, 0.05) is 32.0 Å². The highest BCUT2D eigenvalue weighted by Crippen LogP contribution is 2.43. The first-order chi connectivity index (χ1) is 11.7. The maximum absolute atomic E-state index is 11.3. The van der Waals surface area contributed by atoms with E-state index in [1.54, 1.807) is 7.05 Å². The molecule has 1 aromatic carbocycles. The normalized spacial score (nSPS) is 16.2. The molecule has 1 fully saturated rings. The van der Waals surface area contributed by atoms with Crippen LogP contribution < -0.4 is 10.6 Å². The average Bonchev–Trinajstić information content (AvgIpc) is 2.57. The van der Waals surface area contributed by atoms with Crippen molar-refractivity contribution in [2.75, 3.05) is 26.7 Å². The van der Waals surface area contributed by atoms with Crippen LogP contribution in [0.4, 0.5) is 0 Å². The Hall–Kier alpha value is -2.04. The lowest BCUT2D eigenvalue weighted by atomic mass is 9.64. The fourth-order valence-corrected chi connectivity index (χ4v) is 3.11. The van der Waals surface area contributed by atoms with Gasteiger partial charge in [-0.05, 0) is 31.7 Å². The molecule has 0 atom stereocenters. The lowest BCUT2D eigenvalue weighted by molar-refractivity contribution is -0.143. The Bertz CT molecular complexity index is 539. The van der Waals surface area contributed by atoms with Crippen LogP contribution in [-0.4, -0.2) is 38.7 Å². The summed E-state index contributed by atoms with van der Waals surface area (Å²) in [5.41, 5.74) is 1.63. The van der Waals surface area contributed by atoms with E-state index >= 15 is 0 Å². The molecule has 1 aromatic rings. The Morgan fingerprint density at radius 2 is 2.00 bits per heavy atom. The number of hydrogen-bond acceptors (Lipinski definition) is 3. The molecule has 0 spiro atoms. The highest BCUT2D eigenvalue weighted by molar-refractivity contribution is 5.79. The summed E-state index contributed by atoms with van der Waals surface area (Å²) in [6.07, 6.45) is 4.88. The number of benzene rings is 1. The molecule has 1 aliphatic rings. The molecule has 0 heterocycles. The highest BCUT2D eigenvalue weighted by atomic mass is 16.5. The molecule has 2 rings (SSSR count). The van der Waals surface area contributed by atoms with Crippen molar-refractivity contribution in [3.8, 4) is 0 Å². The topological polar surface area (TPSA) is 62.7 Å². The number of esters is 1. The fourth-order valence-electron chi connectivity index (χ4n) is 3.11. The predicted molar refractivity (Wildman–Crippen MR) is 97.2 cm³/mol. The third-order valence-corrected chi connectivity index (χ3v) is 4.67. The van der Waals surface area contributed by atoms with Gasteiger partial charge in [0.05, 0.1) is 6.61 Å². The summed E-state index contributed by atoms with van der Waals surface area (Å²) in [5, 5.41) is 6.72. The Morgan fingerprint density at radius 3 is 2.58 bits per heavy atom. The number of guanidine groups is 1. The smallest absolute Gasteiger partial charge is 0.305 e. The zero-order valence-electron chi connectivity index (χ0n) is 14.8. The summed E-state index contributed by atoms with van der Waals surface area (Å²) >= 11 is 0. The summed E-state index contributed by atoms with van der Waals surface area (Å²) in [6.45, 7) is 3.85. The summed E-state index contributed by atoms with van der Waals surface area (Å²) in [5.74, 6) is 0.654. The fraction of sp³-hybridized carbons (Fsp3) is 0.579. The van der Waals surface area contributed by atoms with Crippen LogP contribution in [0.25, 0.3) is 0 Å². The van der Waals surface area contributed by atoms with E-state index in [0.717, 1.165) is 18.9 Å². The largest absolute Gasteiger partial charge is 0.466 e. The molecule has 0 aliphatic heterocycles. The summed E-state index contributed by atoms with van der Waals surface area (Å²) < 4.78 is 4.93. The quantitative estimate of drug-likeness (QED) is 0.333. The second kappa shape index (κ2) is 9.30. The molecule has 0 radical (unpaired) electrons. The minimum absolute atomic E-state index is 0.139. The van der Waals surface area contributed by atoms with Gasteiger partial charge in [0.15, 0.2) is 5.96 Å². The van der Waals surface area contributed by atoms with Crippen LogP contribution in [0.15, 0.2) is 35.3 Å². The van der Waals surface area contributed by atoms with Crippen molar-refractivity contribution < 1.29 is 9.53 Å². The van der Waals surface area contributed by atoms with E-state index in [0.29, 0.717) is 19.6 Å². The number of rotatable bonds is 8. The van der Waals surface area contributed by atoms with E-state index in [-0.39, 0.29) is 11.4 Å². The lowest BCUT2D eigenvalue weighted by Gasteiger charge is -2.43. The third-order valence-electron chi connectivity index (χ3n) is 4.67. The van der Waals surface area contributed by atoms with Crippen LogP contribution in [0.3, 0.4) is 0 Å². The number of carbonyl (C=O) groups excluding carboxylic acids is 1. The van der Waals surface area contributed by atoms with Gasteiger partial charge in [-0.1, -0.05) is 36.8 Å². The van der Waals surface area contributed by atoms with E-state index in [2.05, 4.69) is 46.0 Å². The van der Waals surface area contributed by atoms with Crippen molar-refractivity contribution in [2.45, 2.75) is 44.4 Å². The molecule has 0 saturated heterocycles. The highest BCUT2D eigenvalue weighted by Gasteiger charge is 2.38. The van der Waals surface area contributed by atoms with Crippen LogP contribution >= 0.6 is 0 Å². The van der Waals surface area contributed by atoms with Crippen molar-refractivity contribution in [3.05, 3.63) is 35.9 Å². The molecular formula is C19H29N3O2. The monoisotopic (exact) mass is 331 g/mol. The van der Waals surface area contributed by atoms with Gasteiger partial charge in [0.1, 0.15) is 0 Å². The lowest BCUT2D eigenvalue weighted by Crippen LogP contribution is -2.49. The van der Waals surface area contributed by atoms with Gasteiger partial charge in [0.2, 0.25) is 0 Å². The van der Waals surface area contributed by atoms with Gasteiger partial charge in [-0.15, -0.1) is 0 Å². The van der Waals surface area contributed by atoms with Crippen LogP contribution in [0.1, 0.15) is 44.6 Å². The molecule has 0 bridgehead atoms. The van der Waals surface area contributed by atoms with Gasteiger partial charge in [-0.3, -0.25) is 9.79 Å². The standard InChI is InChI=1S/C19H29N3O2/c1-3-24-17(23)11-7-14-21-18(20-2)22-15-19(12-8-13-19)16-9-5-4-6-10-16/h4-6,9-10H,3,7-8,11-15H2,1-2H3,(H2,20,21,22). The molecule has 1 saturated carbocycles. The van der Waals surface area contributed by atoms with Crippen molar-refractivity contribution in [2.24, 2.45) is 4.99 Å². The molecule has 0 unspecified atom stereocenters. The van der Waals surface area contributed by atoms with Gasteiger partial charge < -0.3 is 15.4 Å². The van der Waals surface area contributed by atoms with E-state index < -0.39 is 0 Å². The van der Waals surface area contributed by atoms with E-state index in [4.69, 9.17) is 4.74 Å². The Kier molecular flexibility index (Phi) is 7.09. The maximum Gasteiger partial charge on any atom is 0.305 e. The van der Waals surface area contributed by atoms with E-state index in [9.17, 15) is 4.79 Å². The number of nitrogens with zero attached hydrogens (tertiary/aromatic N) is 1. The minimum Gasteiger partial charge on any atom is -0.466 e. The van der Waals surface area contributed by atoms with Crippen LogP contribution in [0.2, 0.25) is 0 Å². The molecule has 5 nitrogen and oxygen atoms in total. The SMILES string of the molecule is CCOC(=O)CCCNC(=NC)NCC1(c2ccccc2)CCC1. The zero-order chi connectivity index (χ0) is 17.3. The Labute approximate surface area is 144 Å². The molecular weight excluding hydrogens is 302 g/mol. The first-order valence-corrected chi connectivity index (χ1v) is 8.86. The maximum atomic E-state index is 11.3. The summed E-state index contributed by atoms with van der Waals surface area (Å²) in [4.78, 5) is 15.6. The van der Waals surface area contributed by atoms with Gasteiger partial charge >= 0.3 is 5.97 Å². The first kappa shape index (κ1) is 18.3. The van der Waals surface area contributed by atoms with E-state index in [1.165, 1.54) is 24.8 Å². The first-order valence-electron chi connectivity index (χ1n) is 8.86. The molecule has 2 N–H and O–H groups in total. The van der Waals surface area contributed by atoms with Crippen LogP contribution in [0.5, 0.6) is 0 Å². The molecule has 0 aromatic heterocycles. The molecule has 132 valence electrons. The third kappa shape index (κ3) is 4.98. The van der Waals surface area contributed by atoms with Crippen molar-refractivity contribution in [3.63, 3.8) is 0 Å². The number of nitrogens with one attached hydrogen (secondary N) is 2. The second-order valence-corrected chi connectivity index (χ2v) is 6.26. The second-order valence-electron chi connectivity index (χ2n) is 6.26. The van der Waals surface area contributed by atoms with Crippen LogP contribution in [-0.2, 0) is 14.9 Å². The number of ether oxygens (including phenoxy) is 1. The van der Waals surface area contributed by atoms with Gasteiger partial charge in [-0.25, -0.2) is 0 Å². The number of carbonyl (C=O) groups is 1. The zero-order valence-corrected chi connectivity index (χ0v) is 14.8. The molecule has 0 amide bonds. The summed E-state index contributed by atoms with van der Waals surface area (Å²) in [6, 6.07) is 10.7. The van der Waals surface area contributed by atoms with Gasteiger partial charge in [-0.2, -0.15) is 0 Å². The Morgan fingerprint density at radius 1 is 1.25 bits per heavy atom. The van der Waals surface area contributed by atoms with Crippen LogP contribution in [0, 0.1) is 0 Å². The molecule has 24 heavy (non-hydrogen) atoms. The van der Waals surface area contributed by atoms with Gasteiger partial charge in [0.25, 0.3) is 0 Å². The number of hydrogen-bond donors (Lipinski definition) is 2. The predicted octanol–water partition coefficient (Wildman–Crippen LogP) is 2.62. The van der Waals surface area contributed by atoms with Crippen molar-refractivity contribution in [1.82, 2.24) is 10.6 Å². The molecule has 5 heteroatoms. The average molecular weight is 331 g/mol. The van der Waals surface area contributed by atoms with Crippen molar-refractivity contribution in [1.29, 1.82) is 0 Å². The van der Waals surface area contributed by atoms with Crippen molar-refractivity contribution >= 4 is 11.9 Å². The van der Waals surface area contributed by atoms with E-state index in [1.807, 2.05) is 6.92 Å². The number of aliphatic imine (C=N–C) groups is 1. The molecule has 1 aliphatic carbocycles. The Balaban J connectivity index is 1.76. The summed E-state index contributed by atoms with van der Waals surface area (Å²) in [7, 11) is 1.77. The minimum atomic E-state index is -0.139.